The third-order valence-electron chi connectivity index (χ3n) is 4.51. The molecule has 24 heavy (non-hydrogen) atoms. The molecule has 7 nitrogen and oxygen atoms in total. The van der Waals surface area contributed by atoms with Crippen LogP contribution in [0.25, 0.3) is 0 Å². The Morgan fingerprint density at radius 3 is 2.25 bits per heavy atom. The Labute approximate surface area is 156 Å². The molecule has 0 aliphatic carbocycles. The Balaban J connectivity index is 0.00000264. The van der Waals surface area contributed by atoms with Gasteiger partial charge in [0.05, 0.1) is 12.0 Å². The number of hydrogen-bond acceptors (Lipinski definition) is 6. The molecule has 0 bridgehead atoms. The van der Waals surface area contributed by atoms with Crippen LogP contribution in [-0.2, 0) is 11.2 Å². The van der Waals surface area contributed by atoms with E-state index in [1.807, 2.05) is 25.7 Å². The van der Waals surface area contributed by atoms with Crippen LogP contribution in [0.1, 0.15) is 45.5 Å². The molecular weight excluding hydrogens is 353 g/mol. The number of aryl methyl sites for hydroxylation is 1. The minimum Gasteiger partial charge on any atom is -0.340 e. The molecule has 1 aliphatic heterocycles. The molecule has 2 rings (SSSR count). The highest BCUT2D eigenvalue weighted by Gasteiger charge is 2.30. The number of amides is 1. The first kappa shape index (κ1) is 23.1. The van der Waals surface area contributed by atoms with Gasteiger partial charge < -0.3 is 15.2 Å². The van der Waals surface area contributed by atoms with Crippen LogP contribution >= 0.6 is 24.8 Å². The number of rotatable bonds is 5. The minimum absolute atomic E-state index is 0. The summed E-state index contributed by atoms with van der Waals surface area (Å²) in [6, 6.07) is -0.0359. The van der Waals surface area contributed by atoms with Crippen molar-refractivity contribution in [1.82, 2.24) is 19.9 Å². The lowest BCUT2D eigenvalue weighted by molar-refractivity contribution is -0.137. The predicted molar refractivity (Wildman–Crippen MR) is 97.6 cm³/mol. The van der Waals surface area contributed by atoms with Crippen molar-refractivity contribution in [3.63, 3.8) is 0 Å². The fourth-order valence-corrected chi connectivity index (χ4v) is 2.58. The molecule has 3 unspecified atom stereocenters. The largest absolute Gasteiger partial charge is 0.340 e. The lowest BCUT2D eigenvalue weighted by Crippen LogP contribution is -2.52. The van der Waals surface area contributed by atoms with Crippen molar-refractivity contribution in [1.29, 1.82) is 0 Å². The number of hydrogen-bond donors (Lipinski definition) is 1. The molecule has 0 spiro atoms. The summed E-state index contributed by atoms with van der Waals surface area (Å²) >= 11 is 0. The highest BCUT2D eigenvalue weighted by atomic mass is 35.5. The number of nitrogens with zero attached hydrogens (tertiary/aromatic N) is 4. The second kappa shape index (κ2) is 10.2. The van der Waals surface area contributed by atoms with Gasteiger partial charge in [-0.15, -0.1) is 24.8 Å². The molecule has 0 saturated carbocycles. The first-order valence-electron chi connectivity index (χ1n) is 8.05. The standard InChI is InChI=1S/C15H27N5O2.2ClH/c1-5-13-17-14(22-18-13)12(4)19-6-8-20(9-7-19)15(21)10(2)11(3)16;;/h10-12H,5-9,16H2,1-4H3;2*1H. The summed E-state index contributed by atoms with van der Waals surface area (Å²) in [5.41, 5.74) is 5.82. The van der Waals surface area contributed by atoms with Gasteiger partial charge in [0, 0.05) is 38.6 Å². The van der Waals surface area contributed by atoms with E-state index in [2.05, 4.69) is 22.0 Å². The average molecular weight is 382 g/mol. The van der Waals surface area contributed by atoms with Crippen molar-refractivity contribution in [2.24, 2.45) is 11.7 Å². The van der Waals surface area contributed by atoms with E-state index in [1.165, 1.54) is 0 Å². The first-order valence-corrected chi connectivity index (χ1v) is 8.05. The first-order chi connectivity index (χ1) is 10.4. The van der Waals surface area contributed by atoms with Gasteiger partial charge in [0.25, 0.3) is 0 Å². The van der Waals surface area contributed by atoms with Gasteiger partial charge in [0.2, 0.25) is 11.8 Å². The Hall–Kier alpha value is -0.890. The minimum atomic E-state index is -0.132. The van der Waals surface area contributed by atoms with Gasteiger partial charge in [-0.2, -0.15) is 4.98 Å². The third-order valence-corrected chi connectivity index (χ3v) is 4.51. The maximum Gasteiger partial charge on any atom is 0.243 e. The van der Waals surface area contributed by atoms with Crippen LogP contribution in [0.2, 0.25) is 0 Å². The molecule has 1 saturated heterocycles. The van der Waals surface area contributed by atoms with Gasteiger partial charge in [0.15, 0.2) is 5.82 Å². The van der Waals surface area contributed by atoms with Crippen LogP contribution in [0.5, 0.6) is 0 Å². The number of halogens is 2. The van der Waals surface area contributed by atoms with Crippen molar-refractivity contribution in [2.75, 3.05) is 26.2 Å². The summed E-state index contributed by atoms with van der Waals surface area (Å²) in [5, 5.41) is 3.95. The fourth-order valence-electron chi connectivity index (χ4n) is 2.58. The van der Waals surface area contributed by atoms with Crippen LogP contribution in [0.15, 0.2) is 4.52 Å². The van der Waals surface area contributed by atoms with Gasteiger partial charge in [0.1, 0.15) is 0 Å². The molecule has 2 N–H and O–H groups in total. The molecule has 0 radical (unpaired) electrons. The Kier molecular flexibility index (Phi) is 9.80. The van der Waals surface area contributed by atoms with E-state index in [9.17, 15) is 4.79 Å². The van der Waals surface area contributed by atoms with Crippen LogP contribution < -0.4 is 5.73 Å². The number of nitrogens with two attached hydrogens (primary N) is 1. The topological polar surface area (TPSA) is 88.5 Å². The zero-order chi connectivity index (χ0) is 16.3. The van der Waals surface area contributed by atoms with E-state index in [4.69, 9.17) is 10.3 Å². The predicted octanol–water partition coefficient (Wildman–Crippen LogP) is 1.66. The molecule has 1 aromatic heterocycles. The van der Waals surface area contributed by atoms with E-state index in [-0.39, 0.29) is 48.7 Å². The highest BCUT2D eigenvalue weighted by molar-refractivity contribution is 5.85. The number of carbonyl (C=O) groups excluding carboxylic acids is 1. The molecule has 2 heterocycles. The smallest absolute Gasteiger partial charge is 0.243 e. The average Bonchev–Trinajstić information content (AvgIpc) is 3.01. The second-order valence-corrected chi connectivity index (χ2v) is 6.09. The fraction of sp³-hybridized carbons (Fsp3) is 0.800. The van der Waals surface area contributed by atoms with Crippen molar-refractivity contribution in [3.8, 4) is 0 Å². The molecule has 1 fully saturated rings. The lowest BCUT2D eigenvalue weighted by atomic mass is 10.0. The summed E-state index contributed by atoms with van der Waals surface area (Å²) in [4.78, 5) is 20.9. The van der Waals surface area contributed by atoms with Crippen molar-refractivity contribution >= 4 is 30.7 Å². The van der Waals surface area contributed by atoms with E-state index in [0.717, 1.165) is 38.4 Å². The van der Waals surface area contributed by atoms with Crippen LogP contribution in [0.4, 0.5) is 0 Å². The van der Waals surface area contributed by atoms with Crippen LogP contribution in [-0.4, -0.2) is 58.1 Å². The Bertz CT molecular complexity index is 504. The molecule has 1 aliphatic rings. The van der Waals surface area contributed by atoms with E-state index < -0.39 is 0 Å². The number of aromatic nitrogens is 2. The normalized spacial score (nSPS) is 19.0. The zero-order valence-corrected chi connectivity index (χ0v) is 16.4. The van der Waals surface area contributed by atoms with Crippen molar-refractivity contribution < 1.29 is 9.32 Å². The lowest BCUT2D eigenvalue weighted by Gasteiger charge is -2.38. The number of piperazine rings is 1. The third kappa shape index (κ3) is 5.31. The van der Waals surface area contributed by atoms with Crippen molar-refractivity contribution in [3.05, 3.63) is 11.7 Å². The summed E-state index contributed by atoms with van der Waals surface area (Å²) < 4.78 is 5.31. The van der Waals surface area contributed by atoms with E-state index >= 15 is 0 Å². The Morgan fingerprint density at radius 2 is 1.79 bits per heavy atom. The molecule has 140 valence electrons. The maximum atomic E-state index is 12.3. The van der Waals surface area contributed by atoms with E-state index in [0.29, 0.717) is 5.89 Å². The summed E-state index contributed by atoms with van der Waals surface area (Å²) in [6.07, 6.45) is 0.771. The van der Waals surface area contributed by atoms with E-state index in [1.54, 1.807) is 0 Å². The van der Waals surface area contributed by atoms with Crippen LogP contribution in [0, 0.1) is 5.92 Å². The highest BCUT2D eigenvalue weighted by Crippen LogP contribution is 2.21. The van der Waals surface area contributed by atoms with Gasteiger partial charge in [-0.05, 0) is 13.8 Å². The second-order valence-electron chi connectivity index (χ2n) is 6.09. The molecule has 0 aromatic carbocycles. The summed E-state index contributed by atoms with van der Waals surface area (Å²) in [7, 11) is 0. The van der Waals surface area contributed by atoms with Crippen molar-refractivity contribution in [2.45, 2.75) is 46.2 Å². The van der Waals surface area contributed by atoms with Crippen LogP contribution in [0.3, 0.4) is 0 Å². The quantitative estimate of drug-likeness (QED) is 0.833. The summed E-state index contributed by atoms with van der Waals surface area (Å²) in [6.45, 7) is 10.9. The molecule has 3 atom stereocenters. The van der Waals surface area contributed by atoms with Gasteiger partial charge in [-0.25, -0.2) is 0 Å². The number of carbonyl (C=O) groups is 1. The maximum absolute atomic E-state index is 12.3. The SMILES string of the molecule is CCc1noc(C(C)N2CCN(C(=O)C(C)C(C)N)CC2)n1.Cl.Cl. The monoisotopic (exact) mass is 381 g/mol. The molecule has 1 amide bonds. The van der Waals surface area contributed by atoms with Gasteiger partial charge >= 0.3 is 0 Å². The van der Waals surface area contributed by atoms with Gasteiger partial charge in [-0.1, -0.05) is 19.0 Å². The molecule has 1 aromatic rings. The van der Waals surface area contributed by atoms with Gasteiger partial charge in [-0.3, -0.25) is 9.69 Å². The Morgan fingerprint density at radius 1 is 1.21 bits per heavy atom. The molecular formula is C15H29Cl2N5O2. The molecule has 9 heteroatoms. The zero-order valence-electron chi connectivity index (χ0n) is 14.8. The summed E-state index contributed by atoms with van der Waals surface area (Å²) in [5.74, 6) is 1.40.